The normalized spacial score (nSPS) is 14.4. The minimum absolute atomic E-state index is 0.901. The first-order valence-electron chi connectivity index (χ1n) is 11.9. The number of hydrogen-bond acceptors (Lipinski definition) is 6. The molecule has 2 aromatic heterocycles. The maximum absolute atomic E-state index is 4.75. The molecule has 1 aliphatic heterocycles. The third-order valence-corrected chi connectivity index (χ3v) is 7.27. The summed E-state index contributed by atoms with van der Waals surface area (Å²) in [6, 6.07) is 19.8. The van der Waals surface area contributed by atoms with Crippen molar-refractivity contribution in [2.45, 2.75) is 19.8 Å². The molecule has 0 bridgehead atoms. The second-order valence-corrected chi connectivity index (χ2v) is 9.87. The molecule has 174 valence electrons. The van der Waals surface area contributed by atoms with Gasteiger partial charge in [-0.05, 0) is 73.8 Å². The Morgan fingerprint density at radius 2 is 1.71 bits per heavy atom. The summed E-state index contributed by atoms with van der Waals surface area (Å²) in [5, 5.41) is 6.50. The first-order chi connectivity index (χ1) is 16.6. The van der Waals surface area contributed by atoms with Crippen LogP contribution in [-0.2, 0) is 12.8 Å². The molecule has 6 heteroatoms. The topological polar surface area (TPSA) is 44.3 Å². The quantitative estimate of drug-likeness (QED) is 0.371. The van der Waals surface area contributed by atoms with Crippen LogP contribution in [0.3, 0.4) is 0 Å². The molecule has 1 N–H and O–H groups in total. The van der Waals surface area contributed by atoms with E-state index in [1.165, 1.54) is 22.4 Å². The van der Waals surface area contributed by atoms with Gasteiger partial charge in [-0.1, -0.05) is 24.3 Å². The lowest BCUT2D eigenvalue weighted by Gasteiger charge is -2.34. The number of piperazine rings is 1. The Labute approximate surface area is 206 Å². The predicted molar refractivity (Wildman–Crippen MR) is 143 cm³/mol. The molecule has 34 heavy (non-hydrogen) atoms. The number of thiazole rings is 1. The van der Waals surface area contributed by atoms with Crippen LogP contribution < -0.4 is 10.2 Å². The molecular formula is C28H31N5S. The molecular weight excluding hydrogens is 438 g/mol. The van der Waals surface area contributed by atoms with Gasteiger partial charge in [0, 0.05) is 60.9 Å². The van der Waals surface area contributed by atoms with E-state index in [0.717, 1.165) is 61.1 Å². The van der Waals surface area contributed by atoms with Crippen molar-refractivity contribution in [2.24, 2.45) is 0 Å². The van der Waals surface area contributed by atoms with Crippen LogP contribution in [0, 0.1) is 6.92 Å². The van der Waals surface area contributed by atoms with Crippen LogP contribution in [0.25, 0.3) is 11.3 Å². The van der Waals surface area contributed by atoms with Crippen LogP contribution in [0.15, 0.2) is 72.4 Å². The lowest BCUT2D eigenvalue weighted by molar-refractivity contribution is 0.313. The third kappa shape index (κ3) is 5.46. The lowest BCUT2D eigenvalue weighted by atomic mass is 10.0. The summed E-state index contributed by atoms with van der Waals surface area (Å²) < 4.78 is 0. The van der Waals surface area contributed by atoms with Gasteiger partial charge in [-0.3, -0.25) is 4.98 Å². The maximum atomic E-state index is 4.75. The Balaban J connectivity index is 1.21. The summed E-state index contributed by atoms with van der Waals surface area (Å²) in [6.07, 6.45) is 5.68. The van der Waals surface area contributed by atoms with Crippen LogP contribution >= 0.6 is 11.3 Å². The molecule has 4 aromatic rings. The predicted octanol–water partition coefficient (Wildman–Crippen LogP) is 5.79. The number of hydrogen-bond donors (Lipinski definition) is 1. The molecule has 0 aliphatic carbocycles. The van der Waals surface area contributed by atoms with Gasteiger partial charge in [-0.15, -0.1) is 11.3 Å². The molecule has 2 aromatic carbocycles. The summed E-state index contributed by atoms with van der Waals surface area (Å²) in [5.41, 5.74) is 8.39. The molecule has 0 atom stereocenters. The smallest absolute Gasteiger partial charge is 0.187 e. The zero-order chi connectivity index (χ0) is 23.3. The molecule has 0 saturated carbocycles. The van der Waals surface area contributed by atoms with Gasteiger partial charge in [0.1, 0.15) is 0 Å². The summed E-state index contributed by atoms with van der Waals surface area (Å²) in [4.78, 5) is 13.8. The van der Waals surface area contributed by atoms with Gasteiger partial charge in [0.25, 0.3) is 0 Å². The molecule has 5 nitrogen and oxygen atoms in total. The summed E-state index contributed by atoms with van der Waals surface area (Å²) in [5.74, 6) is 0. The molecule has 0 spiro atoms. The van der Waals surface area contributed by atoms with Crippen LogP contribution in [0.4, 0.5) is 16.5 Å². The van der Waals surface area contributed by atoms with E-state index in [2.05, 4.69) is 81.9 Å². The van der Waals surface area contributed by atoms with E-state index in [1.54, 1.807) is 17.5 Å². The fourth-order valence-corrected chi connectivity index (χ4v) is 5.01. The van der Waals surface area contributed by atoms with Crippen LogP contribution in [0.2, 0.25) is 0 Å². The first-order valence-corrected chi connectivity index (χ1v) is 12.8. The fourth-order valence-electron chi connectivity index (χ4n) is 4.28. The van der Waals surface area contributed by atoms with Crippen molar-refractivity contribution in [1.29, 1.82) is 0 Å². The molecule has 0 unspecified atom stereocenters. The van der Waals surface area contributed by atoms with Crippen LogP contribution in [0.5, 0.6) is 0 Å². The van der Waals surface area contributed by atoms with Gasteiger partial charge in [0.15, 0.2) is 5.13 Å². The fraction of sp³-hybridized carbons (Fsp3) is 0.286. The number of likely N-dealkylation sites (N-methyl/N-ethyl adjacent to an activating group) is 1. The SMILES string of the molecule is Cc1ccc(CCc2ccc(N3CCN(C)CC3)cc2)cc1Nc1nc(-c2cccnc2)cs1. The van der Waals surface area contributed by atoms with E-state index in [-0.39, 0.29) is 0 Å². The van der Waals surface area contributed by atoms with E-state index >= 15 is 0 Å². The molecule has 3 heterocycles. The number of benzene rings is 2. The number of pyridine rings is 1. The van der Waals surface area contributed by atoms with Crippen molar-refractivity contribution >= 4 is 27.8 Å². The number of aryl methyl sites for hydroxylation is 3. The zero-order valence-electron chi connectivity index (χ0n) is 19.9. The van der Waals surface area contributed by atoms with Crippen LogP contribution in [0.1, 0.15) is 16.7 Å². The first kappa shape index (κ1) is 22.6. The Morgan fingerprint density at radius 3 is 2.47 bits per heavy atom. The Morgan fingerprint density at radius 1 is 0.941 bits per heavy atom. The Kier molecular flexibility index (Phi) is 6.88. The highest BCUT2D eigenvalue weighted by Gasteiger charge is 2.14. The van der Waals surface area contributed by atoms with Crippen molar-refractivity contribution in [1.82, 2.24) is 14.9 Å². The highest BCUT2D eigenvalue weighted by Crippen LogP contribution is 2.29. The van der Waals surface area contributed by atoms with Gasteiger partial charge in [0.05, 0.1) is 5.69 Å². The summed E-state index contributed by atoms with van der Waals surface area (Å²) in [7, 11) is 2.20. The van der Waals surface area contributed by atoms with E-state index in [1.807, 2.05) is 18.3 Å². The number of anilines is 3. The monoisotopic (exact) mass is 469 g/mol. The van der Waals surface area contributed by atoms with Crippen molar-refractivity contribution < 1.29 is 0 Å². The second-order valence-electron chi connectivity index (χ2n) is 9.01. The number of nitrogens with zero attached hydrogens (tertiary/aromatic N) is 4. The zero-order valence-corrected chi connectivity index (χ0v) is 20.7. The molecule has 0 amide bonds. The van der Waals surface area contributed by atoms with Gasteiger partial charge in [-0.25, -0.2) is 4.98 Å². The molecule has 0 radical (unpaired) electrons. The lowest BCUT2D eigenvalue weighted by Crippen LogP contribution is -2.44. The molecule has 1 aliphatic rings. The molecule has 5 rings (SSSR count). The highest BCUT2D eigenvalue weighted by atomic mass is 32.1. The van der Waals surface area contributed by atoms with E-state index in [0.29, 0.717) is 0 Å². The largest absolute Gasteiger partial charge is 0.369 e. The second kappa shape index (κ2) is 10.4. The van der Waals surface area contributed by atoms with Crippen molar-refractivity contribution in [3.63, 3.8) is 0 Å². The van der Waals surface area contributed by atoms with E-state index in [9.17, 15) is 0 Å². The van der Waals surface area contributed by atoms with Gasteiger partial charge >= 0.3 is 0 Å². The average molecular weight is 470 g/mol. The summed E-state index contributed by atoms with van der Waals surface area (Å²) >= 11 is 1.62. The Bertz CT molecular complexity index is 1210. The van der Waals surface area contributed by atoms with Crippen molar-refractivity contribution in [3.05, 3.63) is 89.1 Å². The number of aromatic nitrogens is 2. The standard InChI is InChI=1S/C28H31N5S/c1-21-5-6-23(8-7-22-9-11-25(12-10-22)33-16-14-32(2)15-17-33)18-26(21)30-28-31-27(20-34-28)24-4-3-13-29-19-24/h3-6,9-13,18-20H,7-8,14-17H2,1-2H3,(H,30,31). The van der Waals surface area contributed by atoms with E-state index in [4.69, 9.17) is 4.98 Å². The number of rotatable bonds is 7. The average Bonchev–Trinajstić information content (AvgIpc) is 3.34. The van der Waals surface area contributed by atoms with Gasteiger partial charge in [0.2, 0.25) is 0 Å². The third-order valence-electron chi connectivity index (χ3n) is 6.51. The minimum atomic E-state index is 0.901. The van der Waals surface area contributed by atoms with Crippen molar-refractivity contribution in [3.8, 4) is 11.3 Å². The minimum Gasteiger partial charge on any atom is -0.369 e. The maximum Gasteiger partial charge on any atom is 0.187 e. The van der Waals surface area contributed by atoms with Crippen LogP contribution in [-0.4, -0.2) is 48.1 Å². The van der Waals surface area contributed by atoms with Gasteiger partial charge < -0.3 is 15.1 Å². The highest BCUT2D eigenvalue weighted by molar-refractivity contribution is 7.14. The van der Waals surface area contributed by atoms with E-state index < -0.39 is 0 Å². The number of nitrogens with one attached hydrogen (secondary N) is 1. The molecule has 1 saturated heterocycles. The summed E-state index contributed by atoms with van der Waals surface area (Å²) in [6.45, 7) is 6.63. The van der Waals surface area contributed by atoms with Crippen molar-refractivity contribution in [2.75, 3.05) is 43.4 Å². The molecule has 1 fully saturated rings. The van der Waals surface area contributed by atoms with Gasteiger partial charge in [-0.2, -0.15) is 0 Å². The Hall–Kier alpha value is -3.22.